The quantitative estimate of drug-likeness (QED) is 0.814. The third kappa shape index (κ3) is 5.28. The molecule has 1 amide bonds. The predicted molar refractivity (Wildman–Crippen MR) is 102 cm³/mol. The van der Waals surface area contributed by atoms with Gasteiger partial charge in [0.2, 0.25) is 15.9 Å². The summed E-state index contributed by atoms with van der Waals surface area (Å²) in [5.41, 5.74) is 2.39. The maximum Gasteiger partial charge on any atom is 0.234 e. The molecule has 1 aromatic rings. The van der Waals surface area contributed by atoms with E-state index in [0.717, 1.165) is 25.8 Å². The zero-order valence-corrected chi connectivity index (χ0v) is 16.5. The molecule has 1 saturated heterocycles. The number of hydrogen-bond donors (Lipinski definition) is 1. The van der Waals surface area contributed by atoms with Crippen LogP contribution in [0.3, 0.4) is 0 Å². The lowest BCUT2D eigenvalue weighted by molar-refractivity contribution is -0.123. The molecule has 3 rings (SSSR count). The molecule has 7 heteroatoms. The molecule has 1 saturated carbocycles. The van der Waals surface area contributed by atoms with Gasteiger partial charge in [0.25, 0.3) is 0 Å². The van der Waals surface area contributed by atoms with Crippen molar-refractivity contribution in [2.45, 2.75) is 32.2 Å². The van der Waals surface area contributed by atoms with Crippen LogP contribution in [-0.4, -0.2) is 62.5 Å². The van der Waals surface area contributed by atoms with Crippen molar-refractivity contribution in [2.24, 2.45) is 5.92 Å². The first-order valence-electron chi connectivity index (χ1n) is 9.36. The summed E-state index contributed by atoms with van der Waals surface area (Å²) in [6.07, 6.45) is 4.32. The fraction of sp³-hybridized carbons (Fsp3) is 0.632. The summed E-state index contributed by atoms with van der Waals surface area (Å²) < 4.78 is 24.9. The summed E-state index contributed by atoms with van der Waals surface area (Å²) >= 11 is 0. The summed E-state index contributed by atoms with van der Waals surface area (Å²) in [6.45, 7) is 4.72. The van der Waals surface area contributed by atoms with Gasteiger partial charge >= 0.3 is 0 Å². The smallest absolute Gasteiger partial charge is 0.234 e. The third-order valence-corrected chi connectivity index (χ3v) is 6.53. The van der Waals surface area contributed by atoms with E-state index in [1.807, 2.05) is 0 Å². The minimum Gasteiger partial charge on any atom is -0.348 e. The Hall–Kier alpha value is -1.44. The van der Waals surface area contributed by atoms with Crippen molar-refractivity contribution in [3.63, 3.8) is 0 Å². The molecule has 6 nitrogen and oxygen atoms in total. The molecule has 1 aliphatic carbocycles. The molecule has 1 aromatic carbocycles. The Bertz CT molecular complexity index is 729. The fourth-order valence-corrected chi connectivity index (χ4v) is 4.41. The van der Waals surface area contributed by atoms with E-state index in [2.05, 4.69) is 41.4 Å². The number of carbonyl (C=O) groups is 1. The molecule has 0 bridgehead atoms. The second kappa shape index (κ2) is 8.06. The van der Waals surface area contributed by atoms with Crippen LogP contribution in [-0.2, 0) is 14.8 Å². The summed E-state index contributed by atoms with van der Waals surface area (Å²) in [4.78, 5) is 14.7. The highest BCUT2D eigenvalue weighted by molar-refractivity contribution is 7.88. The van der Waals surface area contributed by atoms with Gasteiger partial charge < -0.3 is 5.32 Å². The number of nitrogens with one attached hydrogen (secondary N) is 1. The topological polar surface area (TPSA) is 69.7 Å². The van der Waals surface area contributed by atoms with Crippen LogP contribution in [0.15, 0.2) is 24.3 Å². The standard InChI is InChI=1S/C19H29N3O3S/c1-15-4-6-16(7-5-15)19(17-8-9-17)20-18(23)14-21-10-3-11-22(13-12-21)26(2,24)25/h4-7,17,19H,3,8-14H2,1-2H3,(H,20,23)/t19-/m0/s1. The molecule has 2 aliphatic rings. The Morgan fingerprint density at radius 3 is 2.46 bits per heavy atom. The second-order valence-electron chi connectivity index (χ2n) is 7.59. The van der Waals surface area contributed by atoms with E-state index in [-0.39, 0.29) is 11.9 Å². The molecule has 144 valence electrons. The van der Waals surface area contributed by atoms with Crippen molar-refractivity contribution in [2.75, 3.05) is 39.0 Å². The van der Waals surface area contributed by atoms with Crippen LogP contribution < -0.4 is 5.32 Å². The van der Waals surface area contributed by atoms with Gasteiger partial charge in [-0.1, -0.05) is 29.8 Å². The minimum absolute atomic E-state index is 0.0234. The summed E-state index contributed by atoms with van der Waals surface area (Å²) in [6, 6.07) is 8.47. The Morgan fingerprint density at radius 1 is 1.15 bits per heavy atom. The number of amides is 1. The Labute approximate surface area is 156 Å². The zero-order chi connectivity index (χ0) is 18.7. The maximum atomic E-state index is 12.6. The third-order valence-electron chi connectivity index (χ3n) is 5.23. The largest absolute Gasteiger partial charge is 0.348 e. The molecular formula is C19H29N3O3S. The molecule has 0 radical (unpaired) electrons. The van der Waals surface area contributed by atoms with Crippen molar-refractivity contribution < 1.29 is 13.2 Å². The Balaban J connectivity index is 1.56. The van der Waals surface area contributed by atoms with Crippen LogP contribution in [0.2, 0.25) is 0 Å². The molecular weight excluding hydrogens is 350 g/mol. The van der Waals surface area contributed by atoms with E-state index in [1.165, 1.54) is 21.7 Å². The Kier molecular flexibility index (Phi) is 5.99. The number of nitrogens with zero attached hydrogens (tertiary/aromatic N) is 2. The normalized spacial score (nSPS) is 21.2. The lowest BCUT2D eigenvalue weighted by Gasteiger charge is -2.23. The fourth-order valence-electron chi connectivity index (χ4n) is 3.54. The number of carbonyl (C=O) groups excluding carboxylic acids is 1. The van der Waals surface area contributed by atoms with Crippen molar-refractivity contribution >= 4 is 15.9 Å². The van der Waals surface area contributed by atoms with Gasteiger partial charge in [-0.15, -0.1) is 0 Å². The van der Waals surface area contributed by atoms with Crippen molar-refractivity contribution in [1.29, 1.82) is 0 Å². The van der Waals surface area contributed by atoms with Crippen molar-refractivity contribution in [3.8, 4) is 0 Å². The molecule has 2 fully saturated rings. The predicted octanol–water partition coefficient (Wildman–Crippen LogP) is 1.53. The van der Waals surface area contributed by atoms with Gasteiger partial charge in [-0.3, -0.25) is 9.69 Å². The highest BCUT2D eigenvalue weighted by Crippen LogP contribution is 2.41. The summed E-state index contributed by atoms with van der Waals surface area (Å²) in [5, 5.41) is 3.21. The number of benzene rings is 1. The highest BCUT2D eigenvalue weighted by atomic mass is 32.2. The summed E-state index contributed by atoms with van der Waals surface area (Å²) in [7, 11) is -3.16. The van der Waals surface area contributed by atoms with Crippen LogP contribution in [0.5, 0.6) is 0 Å². The van der Waals surface area contributed by atoms with E-state index in [4.69, 9.17) is 0 Å². The number of rotatable bonds is 6. The lowest BCUT2D eigenvalue weighted by atomic mass is 10.0. The van der Waals surface area contributed by atoms with Crippen LogP contribution in [0, 0.1) is 12.8 Å². The average molecular weight is 380 g/mol. The van der Waals surface area contributed by atoms with Gasteiger partial charge in [0, 0.05) is 19.6 Å². The number of hydrogen-bond acceptors (Lipinski definition) is 4. The molecule has 26 heavy (non-hydrogen) atoms. The average Bonchev–Trinajstić information content (AvgIpc) is 3.40. The van der Waals surface area contributed by atoms with E-state index >= 15 is 0 Å². The van der Waals surface area contributed by atoms with Crippen LogP contribution in [0.4, 0.5) is 0 Å². The maximum absolute atomic E-state index is 12.6. The van der Waals surface area contributed by atoms with E-state index in [0.29, 0.717) is 32.1 Å². The molecule has 0 aromatic heterocycles. The van der Waals surface area contributed by atoms with Crippen LogP contribution in [0.25, 0.3) is 0 Å². The SMILES string of the molecule is Cc1ccc([C@H](NC(=O)CN2CCCN(S(C)(=O)=O)CC2)C2CC2)cc1. The molecule has 1 aliphatic heterocycles. The monoisotopic (exact) mass is 379 g/mol. The van der Waals surface area contributed by atoms with Crippen molar-refractivity contribution in [3.05, 3.63) is 35.4 Å². The highest BCUT2D eigenvalue weighted by Gasteiger charge is 2.33. The van der Waals surface area contributed by atoms with Gasteiger partial charge in [-0.2, -0.15) is 0 Å². The first-order chi connectivity index (χ1) is 12.3. The van der Waals surface area contributed by atoms with Crippen LogP contribution in [0.1, 0.15) is 36.4 Å². The van der Waals surface area contributed by atoms with Gasteiger partial charge in [0.15, 0.2) is 0 Å². The molecule has 0 unspecified atom stereocenters. The first-order valence-corrected chi connectivity index (χ1v) is 11.2. The van der Waals surface area contributed by atoms with Crippen LogP contribution >= 0.6 is 0 Å². The first kappa shape index (κ1) is 19.3. The Morgan fingerprint density at radius 2 is 1.85 bits per heavy atom. The van der Waals surface area contributed by atoms with Gasteiger partial charge in [0.1, 0.15) is 0 Å². The molecule has 1 atom stereocenters. The molecule has 0 spiro atoms. The van der Waals surface area contributed by atoms with Gasteiger partial charge in [-0.25, -0.2) is 12.7 Å². The minimum atomic E-state index is -3.16. The summed E-state index contributed by atoms with van der Waals surface area (Å²) in [5.74, 6) is 0.557. The second-order valence-corrected chi connectivity index (χ2v) is 9.57. The van der Waals surface area contributed by atoms with Gasteiger partial charge in [-0.05, 0) is 44.2 Å². The van der Waals surface area contributed by atoms with E-state index in [1.54, 1.807) is 0 Å². The van der Waals surface area contributed by atoms with E-state index < -0.39 is 10.0 Å². The molecule has 1 heterocycles. The van der Waals surface area contributed by atoms with Gasteiger partial charge in [0.05, 0.1) is 18.8 Å². The lowest BCUT2D eigenvalue weighted by Crippen LogP contribution is -2.41. The molecule has 1 N–H and O–H groups in total. The number of aryl methyl sites for hydroxylation is 1. The van der Waals surface area contributed by atoms with Crippen molar-refractivity contribution in [1.82, 2.24) is 14.5 Å². The number of sulfonamides is 1. The van der Waals surface area contributed by atoms with E-state index in [9.17, 15) is 13.2 Å². The zero-order valence-electron chi connectivity index (χ0n) is 15.6.